The van der Waals surface area contributed by atoms with Crippen LogP contribution in [-0.4, -0.2) is 34.2 Å². The van der Waals surface area contributed by atoms with Crippen LogP contribution in [0.3, 0.4) is 0 Å². The van der Waals surface area contributed by atoms with E-state index in [1.807, 2.05) is 12.1 Å². The number of guanidine groups is 1. The van der Waals surface area contributed by atoms with Crippen molar-refractivity contribution in [1.29, 1.82) is 0 Å². The number of benzene rings is 1. The smallest absolute Gasteiger partial charge is 0.191 e. The number of nitrogens with one attached hydrogen (secondary N) is 3. The second-order valence-corrected chi connectivity index (χ2v) is 7.60. The van der Waals surface area contributed by atoms with Gasteiger partial charge >= 0.3 is 0 Å². The Morgan fingerprint density at radius 2 is 2.08 bits per heavy atom. The highest BCUT2D eigenvalue weighted by Crippen LogP contribution is 2.21. The summed E-state index contributed by atoms with van der Waals surface area (Å²) in [4.78, 5) is 8.52. The summed E-state index contributed by atoms with van der Waals surface area (Å²) >= 11 is 0. The molecule has 0 aliphatic heterocycles. The monoisotopic (exact) mass is 470 g/mol. The van der Waals surface area contributed by atoms with Gasteiger partial charge in [-0.25, -0.2) is 4.98 Å². The Labute approximate surface area is 173 Å². The minimum absolute atomic E-state index is 0. The van der Waals surface area contributed by atoms with Crippen molar-refractivity contribution in [3.8, 4) is 11.4 Å². The molecule has 2 aromatic rings. The van der Waals surface area contributed by atoms with Gasteiger partial charge in [-0.2, -0.15) is 5.10 Å². The lowest BCUT2D eigenvalue weighted by molar-refractivity contribution is 0.346. The van der Waals surface area contributed by atoms with Gasteiger partial charge in [0.25, 0.3) is 0 Å². The molecule has 0 aliphatic carbocycles. The van der Waals surface area contributed by atoms with Gasteiger partial charge in [-0.05, 0) is 36.8 Å². The molecule has 0 fully saturated rings. The molecule has 1 heterocycles. The van der Waals surface area contributed by atoms with Crippen LogP contribution < -0.4 is 10.6 Å². The molecule has 7 heteroatoms. The van der Waals surface area contributed by atoms with Crippen LogP contribution in [0.4, 0.5) is 0 Å². The number of hydrogen-bond donors (Lipinski definition) is 3. The van der Waals surface area contributed by atoms with Crippen molar-refractivity contribution in [3.05, 3.63) is 36.2 Å². The average molecular weight is 470 g/mol. The molecule has 144 valence electrons. The third-order valence-corrected chi connectivity index (χ3v) is 4.01. The van der Waals surface area contributed by atoms with Crippen LogP contribution in [0.1, 0.15) is 46.1 Å². The van der Waals surface area contributed by atoms with Crippen molar-refractivity contribution in [2.45, 2.75) is 53.1 Å². The van der Waals surface area contributed by atoms with Crippen LogP contribution in [0.25, 0.3) is 11.4 Å². The normalized spacial score (nSPS) is 13.0. The SMILES string of the molecule is CN=C(NCc1cccc(-c2ncn[nH]2)c1)NC(C)CCC(C)(C)C.I. The first-order chi connectivity index (χ1) is 11.9. The third-order valence-electron chi connectivity index (χ3n) is 4.01. The van der Waals surface area contributed by atoms with Crippen molar-refractivity contribution in [3.63, 3.8) is 0 Å². The number of aliphatic imine (C=N–C) groups is 1. The van der Waals surface area contributed by atoms with Gasteiger partial charge in [-0.15, -0.1) is 24.0 Å². The van der Waals surface area contributed by atoms with Crippen LogP contribution in [0.15, 0.2) is 35.6 Å². The van der Waals surface area contributed by atoms with Gasteiger partial charge in [0.1, 0.15) is 6.33 Å². The Balaban J connectivity index is 0.00000338. The van der Waals surface area contributed by atoms with E-state index in [2.05, 4.69) is 70.6 Å². The molecular weight excluding hydrogens is 439 g/mol. The fraction of sp³-hybridized carbons (Fsp3) is 0.526. The number of aromatic nitrogens is 3. The number of rotatable bonds is 6. The van der Waals surface area contributed by atoms with Gasteiger partial charge < -0.3 is 10.6 Å². The summed E-state index contributed by atoms with van der Waals surface area (Å²) in [5.41, 5.74) is 2.55. The second-order valence-electron chi connectivity index (χ2n) is 7.60. The molecule has 1 aromatic heterocycles. The summed E-state index contributed by atoms with van der Waals surface area (Å²) < 4.78 is 0. The number of hydrogen-bond acceptors (Lipinski definition) is 3. The fourth-order valence-electron chi connectivity index (χ4n) is 2.51. The van der Waals surface area contributed by atoms with Gasteiger partial charge in [0.15, 0.2) is 11.8 Å². The van der Waals surface area contributed by atoms with Crippen molar-refractivity contribution >= 4 is 29.9 Å². The zero-order valence-electron chi connectivity index (χ0n) is 16.3. The highest BCUT2D eigenvalue weighted by Gasteiger charge is 2.13. The number of H-pyrrole nitrogens is 1. The van der Waals surface area contributed by atoms with Crippen LogP contribution in [0.2, 0.25) is 0 Å². The summed E-state index contributed by atoms with van der Waals surface area (Å²) in [5.74, 6) is 1.60. The van der Waals surface area contributed by atoms with Crippen LogP contribution in [-0.2, 0) is 6.54 Å². The molecule has 1 aromatic carbocycles. The van der Waals surface area contributed by atoms with Gasteiger partial charge in [-0.1, -0.05) is 39.0 Å². The number of nitrogens with zero attached hydrogens (tertiary/aromatic N) is 3. The Hall–Kier alpha value is -1.64. The van der Waals surface area contributed by atoms with Gasteiger partial charge in [0.2, 0.25) is 0 Å². The van der Waals surface area contributed by atoms with E-state index >= 15 is 0 Å². The second kappa shape index (κ2) is 10.5. The predicted molar refractivity (Wildman–Crippen MR) is 119 cm³/mol. The van der Waals surface area contributed by atoms with E-state index in [0.29, 0.717) is 18.0 Å². The highest BCUT2D eigenvalue weighted by molar-refractivity contribution is 14.0. The molecule has 0 aliphatic rings. The Kier molecular flexibility index (Phi) is 9.04. The molecule has 0 spiro atoms. The number of aromatic amines is 1. The molecule has 26 heavy (non-hydrogen) atoms. The summed E-state index contributed by atoms with van der Waals surface area (Å²) in [5, 5.41) is 13.6. The molecule has 1 unspecified atom stereocenters. The molecule has 0 bridgehead atoms. The van der Waals surface area contributed by atoms with E-state index in [0.717, 1.165) is 23.8 Å². The van der Waals surface area contributed by atoms with E-state index in [1.165, 1.54) is 18.3 Å². The molecule has 2 rings (SSSR count). The van der Waals surface area contributed by atoms with Gasteiger partial charge in [0, 0.05) is 25.2 Å². The van der Waals surface area contributed by atoms with E-state index in [-0.39, 0.29) is 24.0 Å². The summed E-state index contributed by atoms with van der Waals surface area (Å²) in [6, 6.07) is 8.61. The van der Waals surface area contributed by atoms with E-state index in [9.17, 15) is 0 Å². The highest BCUT2D eigenvalue weighted by atomic mass is 127. The third kappa shape index (κ3) is 7.72. The van der Waals surface area contributed by atoms with Crippen molar-refractivity contribution in [2.24, 2.45) is 10.4 Å². The first-order valence-corrected chi connectivity index (χ1v) is 8.79. The standard InChI is InChI=1S/C19H30N6.HI/c1-14(9-10-19(2,3)4)24-18(20-5)21-12-15-7-6-8-16(11-15)17-22-13-23-25-17;/h6-8,11,13-14H,9-10,12H2,1-5H3,(H2,20,21,24)(H,22,23,25);1H. The molecule has 3 N–H and O–H groups in total. The Bertz CT molecular complexity index is 676. The fourth-order valence-corrected chi connectivity index (χ4v) is 2.51. The molecular formula is C19H31IN6. The minimum Gasteiger partial charge on any atom is -0.354 e. The first-order valence-electron chi connectivity index (χ1n) is 8.79. The molecule has 1 atom stereocenters. The maximum atomic E-state index is 4.33. The topological polar surface area (TPSA) is 78.0 Å². The number of halogens is 1. The van der Waals surface area contributed by atoms with Crippen molar-refractivity contribution in [1.82, 2.24) is 25.8 Å². The summed E-state index contributed by atoms with van der Waals surface area (Å²) in [6.45, 7) is 9.72. The molecule has 0 radical (unpaired) electrons. The Morgan fingerprint density at radius 3 is 2.69 bits per heavy atom. The predicted octanol–water partition coefficient (Wildman–Crippen LogP) is 3.97. The molecule has 0 saturated carbocycles. The lowest BCUT2D eigenvalue weighted by atomic mass is 9.89. The van der Waals surface area contributed by atoms with Gasteiger partial charge in [0.05, 0.1) is 0 Å². The first kappa shape index (κ1) is 22.4. The zero-order valence-corrected chi connectivity index (χ0v) is 18.7. The molecule has 0 saturated heterocycles. The lowest BCUT2D eigenvalue weighted by Gasteiger charge is -2.23. The molecule has 6 nitrogen and oxygen atoms in total. The van der Waals surface area contributed by atoms with Crippen LogP contribution in [0, 0.1) is 5.41 Å². The minimum atomic E-state index is 0. The van der Waals surface area contributed by atoms with E-state index in [4.69, 9.17) is 0 Å². The molecule has 0 amide bonds. The van der Waals surface area contributed by atoms with E-state index in [1.54, 1.807) is 7.05 Å². The van der Waals surface area contributed by atoms with E-state index < -0.39 is 0 Å². The summed E-state index contributed by atoms with van der Waals surface area (Å²) in [7, 11) is 1.80. The van der Waals surface area contributed by atoms with Crippen molar-refractivity contribution in [2.75, 3.05) is 7.05 Å². The van der Waals surface area contributed by atoms with Gasteiger partial charge in [-0.3, -0.25) is 10.1 Å². The Morgan fingerprint density at radius 1 is 1.31 bits per heavy atom. The largest absolute Gasteiger partial charge is 0.354 e. The average Bonchev–Trinajstić information content (AvgIpc) is 3.11. The quantitative estimate of drug-likeness (QED) is 0.339. The maximum absolute atomic E-state index is 4.33. The van der Waals surface area contributed by atoms with Crippen LogP contribution >= 0.6 is 24.0 Å². The summed E-state index contributed by atoms with van der Waals surface area (Å²) in [6.07, 6.45) is 3.81. The van der Waals surface area contributed by atoms with Crippen LogP contribution in [0.5, 0.6) is 0 Å². The lowest BCUT2D eigenvalue weighted by Crippen LogP contribution is -2.42. The maximum Gasteiger partial charge on any atom is 0.191 e. The van der Waals surface area contributed by atoms with Crippen molar-refractivity contribution < 1.29 is 0 Å². The zero-order chi connectivity index (χ0) is 18.3.